The summed E-state index contributed by atoms with van der Waals surface area (Å²) in [6.45, 7) is 6.56. The van der Waals surface area contributed by atoms with Crippen LogP contribution in [0.15, 0.2) is 72.9 Å². The zero-order valence-corrected chi connectivity index (χ0v) is 54.8. The molecule has 1 atom stereocenters. The Balaban J connectivity index is 4.21. The molecule has 0 spiro atoms. The summed E-state index contributed by atoms with van der Waals surface area (Å²) in [5.74, 6) is -0.855. The molecule has 0 aromatic rings. The van der Waals surface area contributed by atoms with E-state index in [-0.39, 0.29) is 31.1 Å². The van der Waals surface area contributed by atoms with Gasteiger partial charge in [-0.15, -0.1) is 0 Å². The van der Waals surface area contributed by atoms with E-state index in [1.54, 1.807) is 0 Å². The Hall–Kier alpha value is -3.15. The molecule has 0 saturated heterocycles. The zero-order chi connectivity index (χ0) is 59.2. The molecular formula is C76H136O6. The van der Waals surface area contributed by atoms with Gasteiger partial charge in [0.15, 0.2) is 6.10 Å². The van der Waals surface area contributed by atoms with Crippen LogP contribution in [-0.4, -0.2) is 37.2 Å². The van der Waals surface area contributed by atoms with Gasteiger partial charge in [0.05, 0.1) is 0 Å². The summed E-state index contributed by atoms with van der Waals surface area (Å²) < 4.78 is 17.0. The first-order valence-electron chi connectivity index (χ1n) is 35.9. The molecule has 0 aromatic carbocycles. The quantitative estimate of drug-likeness (QED) is 0.0261. The van der Waals surface area contributed by atoms with Crippen LogP contribution in [0, 0.1) is 0 Å². The molecule has 0 fully saturated rings. The fourth-order valence-electron chi connectivity index (χ4n) is 10.6. The smallest absolute Gasteiger partial charge is 0.306 e. The highest BCUT2D eigenvalue weighted by Gasteiger charge is 2.19. The summed E-state index contributed by atoms with van der Waals surface area (Å²) in [6, 6.07) is 0. The molecule has 6 heteroatoms. The summed E-state index contributed by atoms with van der Waals surface area (Å²) in [5.41, 5.74) is 0. The molecule has 0 aliphatic rings. The SMILES string of the molecule is CC/C=C\C/C=C\C/C=C\C/C=C\CCCCCCCCCCCCCCCCCCCCC(=O)OCC(COC(=O)CCCCCCCCCCCCCCCCCC)OC(=O)CCCCCCCCC/C=C\C/C=C\CCCCC. The molecule has 0 amide bonds. The third kappa shape index (κ3) is 67.6. The minimum atomic E-state index is -0.777. The van der Waals surface area contributed by atoms with Crippen LogP contribution in [-0.2, 0) is 28.6 Å². The fraction of sp³-hybridized carbons (Fsp3) is 0.803. The number of carbonyl (C=O) groups is 3. The molecule has 0 aromatic heterocycles. The van der Waals surface area contributed by atoms with Gasteiger partial charge in [-0.3, -0.25) is 14.4 Å². The number of esters is 3. The second-order valence-electron chi connectivity index (χ2n) is 24.1. The Kier molecular flexibility index (Phi) is 67.6. The molecule has 0 aliphatic carbocycles. The van der Waals surface area contributed by atoms with E-state index in [0.717, 1.165) is 96.3 Å². The second kappa shape index (κ2) is 70.3. The van der Waals surface area contributed by atoms with Gasteiger partial charge in [0, 0.05) is 19.3 Å². The zero-order valence-electron chi connectivity index (χ0n) is 54.8. The van der Waals surface area contributed by atoms with Gasteiger partial charge in [0.1, 0.15) is 13.2 Å². The molecule has 82 heavy (non-hydrogen) atoms. The number of carbonyl (C=O) groups excluding carboxylic acids is 3. The van der Waals surface area contributed by atoms with Gasteiger partial charge < -0.3 is 14.2 Å². The van der Waals surface area contributed by atoms with Crippen molar-refractivity contribution in [3.63, 3.8) is 0 Å². The Morgan fingerprint density at radius 2 is 0.476 bits per heavy atom. The van der Waals surface area contributed by atoms with E-state index in [2.05, 4.69) is 93.7 Å². The van der Waals surface area contributed by atoms with Gasteiger partial charge in [-0.1, -0.05) is 338 Å². The number of unbranched alkanes of at least 4 members (excludes halogenated alkanes) is 43. The van der Waals surface area contributed by atoms with Crippen LogP contribution in [0.5, 0.6) is 0 Å². The van der Waals surface area contributed by atoms with E-state index >= 15 is 0 Å². The highest BCUT2D eigenvalue weighted by Crippen LogP contribution is 2.18. The maximum atomic E-state index is 12.9. The molecule has 0 heterocycles. The Labute approximate surface area is 510 Å². The lowest BCUT2D eigenvalue weighted by Gasteiger charge is -2.18. The lowest BCUT2D eigenvalue weighted by molar-refractivity contribution is -0.167. The largest absolute Gasteiger partial charge is 0.462 e. The number of hydrogen-bond acceptors (Lipinski definition) is 6. The van der Waals surface area contributed by atoms with Crippen LogP contribution in [0.1, 0.15) is 374 Å². The maximum Gasteiger partial charge on any atom is 0.306 e. The molecule has 1 unspecified atom stereocenters. The van der Waals surface area contributed by atoms with Crippen LogP contribution in [0.2, 0.25) is 0 Å². The second-order valence-corrected chi connectivity index (χ2v) is 24.1. The van der Waals surface area contributed by atoms with E-state index in [0.29, 0.717) is 19.3 Å². The van der Waals surface area contributed by atoms with Gasteiger partial charge in [-0.05, 0) is 89.9 Å². The molecule has 0 saturated carbocycles. The third-order valence-electron chi connectivity index (χ3n) is 15.9. The van der Waals surface area contributed by atoms with E-state index in [1.807, 2.05) is 0 Å². The molecule has 0 N–H and O–H groups in total. The predicted octanol–water partition coefficient (Wildman–Crippen LogP) is 24.8. The first kappa shape index (κ1) is 78.8. The Morgan fingerprint density at radius 3 is 0.768 bits per heavy atom. The monoisotopic (exact) mass is 1150 g/mol. The average molecular weight is 1150 g/mol. The van der Waals surface area contributed by atoms with Crippen molar-refractivity contribution in [2.24, 2.45) is 0 Å². The van der Waals surface area contributed by atoms with E-state index in [9.17, 15) is 14.4 Å². The minimum absolute atomic E-state index is 0.0725. The standard InChI is InChI=1S/C76H136O6/c1-4-7-10-13-16-19-22-25-28-31-32-33-34-35-36-37-38-39-40-41-42-43-44-46-48-51-54-57-60-63-66-69-75(78)81-72-73(71-80-74(77)68-65-62-59-56-53-50-47-30-27-24-21-18-15-12-9-6-3)82-76(79)70-67-64-61-58-55-52-49-45-29-26-23-20-17-14-11-8-5-2/h7,10,16-17,19-20,25-26,28-29,32-33,73H,4-6,8-9,11-15,18,21-24,27,30-31,34-72H2,1-3H3/b10-7-,19-16-,20-17-,28-25-,29-26-,33-32-. The highest BCUT2D eigenvalue weighted by atomic mass is 16.6. The summed E-state index contributed by atoms with van der Waals surface area (Å²) in [6.07, 6.45) is 92.2. The van der Waals surface area contributed by atoms with E-state index in [1.165, 1.54) is 238 Å². The van der Waals surface area contributed by atoms with Crippen molar-refractivity contribution < 1.29 is 28.6 Å². The van der Waals surface area contributed by atoms with Crippen molar-refractivity contribution >= 4 is 17.9 Å². The molecule has 476 valence electrons. The molecule has 0 rings (SSSR count). The molecule has 0 aliphatic heterocycles. The van der Waals surface area contributed by atoms with E-state index in [4.69, 9.17) is 14.2 Å². The number of ether oxygens (including phenoxy) is 3. The van der Waals surface area contributed by atoms with Gasteiger partial charge in [0.25, 0.3) is 0 Å². The molecule has 0 bridgehead atoms. The van der Waals surface area contributed by atoms with Crippen LogP contribution >= 0.6 is 0 Å². The first-order valence-corrected chi connectivity index (χ1v) is 35.9. The lowest BCUT2D eigenvalue weighted by Crippen LogP contribution is -2.30. The van der Waals surface area contributed by atoms with Gasteiger partial charge in [-0.2, -0.15) is 0 Å². The number of allylic oxidation sites excluding steroid dienone is 12. The normalized spacial score (nSPS) is 12.5. The van der Waals surface area contributed by atoms with Crippen molar-refractivity contribution in [1.82, 2.24) is 0 Å². The number of rotatable bonds is 66. The minimum Gasteiger partial charge on any atom is -0.462 e. The molecular weight excluding hydrogens is 1010 g/mol. The van der Waals surface area contributed by atoms with Gasteiger partial charge in [0.2, 0.25) is 0 Å². The average Bonchev–Trinajstić information content (AvgIpc) is 3.48. The topological polar surface area (TPSA) is 78.9 Å². The predicted molar refractivity (Wildman–Crippen MR) is 358 cm³/mol. The van der Waals surface area contributed by atoms with Crippen molar-refractivity contribution in [2.75, 3.05) is 13.2 Å². The summed E-state index contributed by atoms with van der Waals surface area (Å²) in [4.78, 5) is 38.5. The van der Waals surface area contributed by atoms with Crippen LogP contribution in [0.25, 0.3) is 0 Å². The third-order valence-corrected chi connectivity index (χ3v) is 15.9. The summed E-state index contributed by atoms with van der Waals surface area (Å²) >= 11 is 0. The van der Waals surface area contributed by atoms with Crippen molar-refractivity contribution in [3.05, 3.63) is 72.9 Å². The maximum absolute atomic E-state index is 12.9. The Bertz CT molecular complexity index is 1500. The first-order chi connectivity index (χ1) is 40.5. The number of hydrogen-bond donors (Lipinski definition) is 0. The van der Waals surface area contributed by atoms with Crippen molar-refractivity contribution in [2.45, 2.75) is 380 Å². The molecule has 0 radical (unpaired) electrons. The van der Waals surface area contributed by atoms with Crippen LogP contribution in [0.4, 0.5) is 0 Å². The van der Waals surface area contributed by atoms with E-state index < -0.39 is 6.10 Å². The lowest BCUT2D eigenvalue weighted by atomic mass is 10.0. The van der Waals surface area contributed by atoms with Crippen molar-refractivity contribution in [1.29, 1.82) is 0 Å². The van der Waals surface area contributed by atoms with Gasteiger partial charge >= 0.3 is 17.9 Å². The summed E-state index contributed by atoms with van der Waals surface area (Å²) in [7, 11) is 0. The summed E-state index contributed by atoms with van der Waals surface area (Å²) in [5, 5.41) is 0. The fourth-order valence-corrected chi connectivity index (χ4v) is 10.6. The van der Waals surface area contributed by atoms with Crippen molar-refractivity contribution in [3.8, 4) is 0 Å². The van der Waals surface area contributed by atoms with Crippen LogP contribution < -0.4 is 0 Å². The Morgan fingerprint density at radius 1 is 0.256 bits per heavy atom. The van der Waals surface area contributed by atoms with Gasteiger partial charge in [-0.25, -0.2) is 0 Å². The highest BCUT2D eigenvalue weighted by molar-refractivity contribution is 5.71. The van der Waals surface area contributed by atoms with Crippen LogP contribution in [0.3, 0.4) is 0 Å². The molecule has 6 nitrogen and oxygen atoms in total.